The molecule has 0 saturated carbocycles. The topological polar surface area (TPSA) is 94.3 Å². The molecule has 1 saturated heterocycles. The van der Waals surface area contributed by atoms with E-state index in [4.69, 9.17) is 0 Å². The summed E-state index contributed by atoms with van der Waals surface area (Å²) < 4.78 is 0. The molecule has 4 amide bonds. The second-order valence-electron chi connectivity index (χ2n) is 6.51. The van der Waals surface area contributed by atoms with Crippen molar-refractivity contribution in [1.82, 2.24) is 20.5 Å². The summed E-state index contributed by atoms with van der Waals surface area (Å²) in [7, 11) is 0. The average Bonchev–Trinajstić information content (AvgIpc) is 3.15. The molecular formula is C19H24N4O3. The lowest BCUT2D eigenvalue weighted by atomic mass is 10.1. The van der Waals surface area contributed by atoms with Crippen LogP contribution in [0.1, 0.15) is 31.7 Å². The number of rotatable bonds is 8. The lowest BCUT2D eigenvalue weighted by molar-refractivity contribution is -0.130. The molecule has 2 heterocycles. The van der Waals surface area contributed by atoms with E-state index in [9.17, 15) is 14.4 Å². The molecule has 1 aliphatic rings. The predicted octanol–water partition coefficient (Wildman–Crippen LogP) is 1.94. The van der Waals surface area contributed by atoms with E-state index in [-0.39, 0.29) is 18.2 Å². The molecule has 7 heteroatoms. The highest BCUT2D eigenvalue weighted by atomic mass is 16.2. The first-order valence-corrected chi connectivity index (χ1v) is 9.03. The monoisotopic (exact) mass is 356 g/mol. The number of carbonyl (C=O) groups is 3. The number of hydrogen-bond donors (Lipinski definition) is 3. The van der Waals surface area contributed by atoms with Gasteiger partial charge in [0.15, 0.2) is 0 Å². The molecule has 3 rings (SSSR count). The lowest BCUT2D eigenvalue weighted by Crippen LogP contribution is -2.37. The van der Waals surface area contributed by atoms with Crippen molar-refractivity contribution in [1.29, 1.82) is 0 Å². The third-order valence-corrected chi connectivity index (χ3v) is 4.63. The van der Waals surface area contributed by atoms with Gasteiger partial charge in [-0.1, -0.05) is 31.5 Å². The standard InChI is InChI=1S/C19H24N4O3/c1-2-3-9-20-17(24)11-16-18(25)23(19(26)22-16)10-8-13-12-21-15-7-5-4-6-14(13)15/h4-7,12,16,21H,2-3,8-11H2,1H3,(H,20,24)(H,22,26)/t16-/m0/s1. The Hall–Kier alpha value is -2.83. The number of H-pyrrole nitrogens is 1. The number of para-hydroxylation sites is 1. The van der Waals surface area contributed by atoms with Crippen molar-refractivity contribution in [3.05, 3.63) is 36.0 Å². The molecule has 0 radical (unpaired) electrons. The van der Waals surface area contributed by atoms with Gasteiger partial charge in [0.2, 0.25) is 5.91 Å². The molecule has 2 aromatic rings. The van der Waals surface area contributed by atoms with Gasteiger partial charge in [0.05, 0.1) is 6.42 Å². The quantitative estimate of drug-likeness (QED) is 0.498. The molecule has 0 spiro atoms. The van der Waals surface area contributed by atoms with Crippen LogP contribution in [0.15, 0.2) is 30.5 Å². The summed E-state index contributed by atoms with van der Waals surface area (Å²) >= 11 is 0. The Balaban J connectivity index is 1.56. The fourth-order valence-electron chi connectivity index (χ4n) is 3.16. The summed E-state index contributed by atoms with van der Waals surface area (Å²) in [6.45, 7) is 2.92. The van der Waals surface area contributed by atoms with Crippen molar-refractivity contribution in [2.45, 2.75) is 38.6 Å². The maximum absolute atomic E-state index is 12.5. The molecule has 0 unspecified atom stereocenters. The maximum atomic E-state index is 12.5. The van der Waals surface area contributed by atoms with E-state index in [0.717, 1.165) is 29.3 Å². The van der Waals surface area contributed by atoms with Crippen molar-refractivity contribution in [3.63, 3.8) is 0 Å². The van der Waals surface area contributed by atoms with Crippen LogP contribution in [-0.4, -0.2) is 46.9 Å². The largest absolute Gasteiger partial charge is 0.361 e. The molecule has 1 aromatic carbocycles. The number of benzene rings is 1. The molecule has 1 fully saturated rings. The normalized spacial score (nSPS) is 17.0. The van der Waals surface area contributed by atoms with Gasteiger partial charge in [0, 0.05) is 30.2 Å². The summed E-state index contributed by atoms with van der Waals surface area (Å²) in [6.07, 6.45) is 4.34. The predicted molar refractivity (Wildman–Crippen MR) is 98.6 cm³/mol. The number of unbranched alkanes of at least 4 members (excludes halogenated alkanes) is 1. The highest BCUT2D eigenvalue weighted by Gasteiger charge is 2.38. The van der Waals surface area contributed by atoms with Gasteiger partial charge in [-0.25, -0.2) is 4.79 Å². The number of fused-ring (bicyclic) bond motifs is 1. The first kappa shape index (κ1) is 18.0. The first-order chi connectivity index (χ1) is 12.6. The fourth-order valence-corrected chi connectivity index (χ4v) is 3.16. The minimum atomic E-state index is -0.771. The summed E-state index contributed by atoms with van der Waals surface area (Å²) in [4.78, 5) is 40.8. The van der Waals surface area contributed by atoms with E-state index in [2.05, 4.69) is 15.6 Å². The van der Waals surface area contributed by atoms with Crippen molar-refractivity contribution in [2.75, 3.05) is 13.1 Å². The number of aromatic amines is 1. The number of carbonyl (C=O) groups excluding carboxylic acids is 3. The number of imide groups is 1. The van der Waals surface area contributed by atoms with Crippen LogP contribution in [0, 0.1) is 0 Å². The molecule has 0 aliphatic carbocycles. The van der Waals surface area contributed by atoms with Crippen LogP contribution in [-0.2, 0) is 16.0 Å². The average molecular weight is 356 g/mol. The molecule has 26 heavy (non-hydrogen) atoms. The second kappa shape index (κ2) is 8.03. The molecule has 138 valence electrons. The summed E-state index contributed by atoms with van der Waals surface area (Å²) in [6, 6.07) is 6.71. The van der Waals surface area contributed by atoms with Gasteiger partial charge in [-0.05, 0) is 24.5 Å². The number of hydrogen-bond acceptors (Lipinski definition) is 3. The van der Waals surface area contributed by atoms with E-state index in [1.165, 1.54) is 4.90 Å². The third kappa shape index (κ3) is 3.87. The second-order valence-corrected chi connectivity index (χ2v) is 6.51. The van der Waals surface area contributed by atoms with Gasteiger partial charge in [-0.15, -0.1) is 0 Å². The highest BCUT2D eigenvalue weighted by Crippen LogP contribution is 2.19. The Morgan fingerprint density at radius 1 is 1.27 bits per heavy atom. The van der Waals surface area contributed by atoms with Crippen LogP contribution in [0.4, 0.5) is 4.79 Å². The number of urea groups is 1. The molecule has 1 aromatic heterocycles. The van der Waals surface area contributed by atoms with Gasteiger partial charge >= 0.3 is 6.03 Å². The molecule has 1 aliphatic heterocycles. The van der Waals surface area contributed by atoms with Gasteiger partial charge < -0.3 is 15.6 Å². The molecular weight excluding hydrogens is 332 g/mol. The zero-order valence-corrected chi connectivity index (χ0v) is 14.9. The van der Waals surface area contributed by atoms with E-state index < -0.39 is 12.1 Å². The van der Waals surface area contributed by atoms with Gasteiger partial charge in [-0.3, -0.25) is 14.5 Å². The van der Waals surface area contributed by atoms with Crippen LogP contribution in [0.5, 0.6) is 0 Å². The van der Waals surface area contributed by atoms with E-state index in [1.807, 2.05) is 37.4 Å². The zero-order chi connectivity index (χ0) is 18.5. The summed E-state index contributed by atoms with van der Waals surface area (Å²) in [5.41, 5.74) is 2.09. The number of nitrogens with zero attached hydrogens (tertiary/aromatic N) is 1. The van der Waals surface area contributed by atoms with Crippen molar-refractivity contribution >= 4 is 28.7 Å². The minimum Gasteiger partial charge on any atom is -0.361 e. The summed E-state index contributed by atoms with van der Waals surface area (Å²) in [5.74, 6) is -0.545. The van der Waals surface area contributed by atoms with Crippen LogP contribution < -0.4 is 10.6 Å². The van der Waals surface area contributed by atoms with Crippen LogP contribution in [0.3, 0.4) is 0 Å². The maximum Gasteiger partial charge on any atom is 0.324 e. The van der Waals surface area contributed by atoms with Crippen molar-refractivity contribution < 1.29 is 14.4 Å². The fraction of sp³-hybridized carbons (Fsp3) is 0.421. The van der Waals surface area contributed by atoms with Crippen LogP contribution >= 0.6 is 0 Å². The third-order valence-electron chi connectivity index (χ3n) is 4.63. The molecule has 1 atom stereocenters. The zero-order valence-electron chi connectivity index (χ0n) is 14.9. The Morgan fingerprint density at radius 3 is 2.88 bits per heavy atom. The SMILES string of the molecule is CCCCNC(=O)C[C@@H]1NC(=O)N(CCc2c[nH]c3ccccc23)C1=O. The van der Waals surface area contributed by atoms with E-state index in [1.54, 1.807) is 0 Å². The molecule has 0 bridgehead atoms. The number of aromatic nitrogens is 1. The van der Waals surface area contributed by atoms with Gasteiger partial charge in [0.25, 0.3) is 5.91 Å². The minimum absolute atomic E-state index is 0.0160. The Morgan fingerprint density at radius 2 is 2.08 bits per heavy atom. The number of amides is 4. The Labute approximate surface area is 152 Å². The van der Waals surface area contributed by atoms with E-state index in [0.29, 0.717) is 19.5 Å². The van der Waals surface area contributed by atoms with Gasteiger partial charge in [-0.2, -0.15) is 0 Å². The van der Waals surface area contributed by atoms with Crippen LogP contribution in [0.25, 0.3) is 10.9 Å². The molecule has 3 N–H and O–H groups in total. The Kier molecular flexibility index (Phi) is 5.55. The Bertz CT molecular complexity index is 814. The van der Waals surface area contributed by atoms with Crippen molar-refractivity contribution in [3.8, 4) is 0 Å². The number of nitrogens with one attached hydrogen (secondary N) is 3. The summed E-state index contributed by atoms with van der Waals surface area (Å²) in [5, 5.41) is 6.47. The lowest BCUT2D eigenvalue weighted by Gasteiger charge is -2.12. The first-order valence-electron chi connectivity index (χ1n) is 9.03. The highest BCUT2D eigenvalue weighted by molar-refractivity contribution is 6.05. The molecule has 7 nitrogen and oxygen atoms in total. The smallest absolute Gasteiger partial charge is 0.324 e. The van der Waals surface area contributed by atoms with Crippen molar-refractivity contribution in [2.24, 2.45) is 0 Å². The van der Waals surface area contributed by atoms with Crippen LogP contribution in [0.2, 0.25) is 0 Å². The van der Waals surface area contributed by atoms with E-state index >= 15 is 0 Å². The van der Waals surface area contributed by atoms with Gasteiger partial charge in [0.1, 0.15) is 6.04 Å².